The molecule has 1 aromatic carbocycles. The lowest BCUT2D eigenvalue weighted by atomic mass is 10.1. The van der Waals surface area contributed by atoms with E-state index >= 15 is 0 Å². The van der Waals surface area contributed by atoms with E-state index in [9.17, 15) is 0 Å². The Hall–Kier alpha value is -2.56. The number of hydrogen-bond acceptors (Lipinski definition) is 5. The van der Waals surface area contributed by atoms with Crippen molar-refractivity contribution in [3.8, 4) is 0 Å². The first kappa shape index (κ1) is 15.8. The molecule has 1 aliphatic carbocycles. The molecule has 0 aliphatic heterocycles. The number of allylic oxidation sites excluding steroid dienone is 2. The second-order valence-electron chi connectivity index (χ2n) is 5.17. The van der Waals surface area contributed by atoms with E-state index in [4.69, 9.17) is 21.6 Å². The quantitative estimate of drug-likeness (QED) is 0.427. The Kier molecular flexibility index (Phi) is 5.36. The number of unbranched alkanes of at least 4 members (excludes halogenated alkanes) is 2. The Morgan fingerprint density at radius 1 is 1.09 bits per heavy atom. The summed E-state index contributed by atoms with van der Waals surface area (Å²) in [6.45, 7) is 2.74. The molecule has 1 aromatic rings. The Morgan fingerprint density at radius 2 is 1.82 bits per heavy atom. The van der Waals surface area contributed by atoms with Crippen molar-refractivity contribution in [2.45, 2.75) is 26.2 Å². The van der Waals surface area contributed by atoms with Crippen molar-refractivity contribution < 1.29 is 4.74 Å². The molecule has 0 atom stereocenters. The van der Waals surface area contributed by atoms with E-state index in [-0.39, 0.29) is 5.71 Å². The zero-order chi connectivity index (χ0) is 15.9. The van der Waals surface area contributed by atoms with Crippen molar-refractivity contribution in [3.05, 3.63) is 47.9 Å². The summed E-state index contributed by atoms with van der Waals surface area (Å²) < 4.78 is 5.67. The Labute approximate surface area is 130 Å². The second kappa shape index (κ2) is 7.45. The number of nitrogens with two attached hydrogens (primary N) is 2. The van der Waals surface area contributed by atoms with Gasteiger partial charge in [-0.3, -0.25) is 5.41 Å². The van der Waals surface area contributed by atoms with Crippen LogP contribution in [0, 0.1) is 5.41 Å². The van der Waals surface area contributed by atoms with Gasteiger partial charge in [0.05, 0.1) is 29.4 Å². The zero-order valence-corrected chi connectivity index (χ0v) is 12.8. The zero-order valence-electron chi connectivity index (χ0n) is 12.8. The minimum Gasteiger partial charge on any atom is -0.491 e. The van der Waals surface area contributed by atoms with Crippen molar-refractivity contribution >= 4 is 22.8 Å². The fraction of sp³-hybridized carbons (Fsp3) is 0.294. The van der Waals surface area contributed by atoms with Crippen molar-refractivity contribution in [1.29, 1.82) is 5.41 Å². The first-order valence-electron chi connectivity index (χ1n) is 7.45. The van der Waals surface area contributed by atoms with Crippen molar-refractivity contribution in [1.82, 2.24) is 0 Å². The maximum atomic E-state index is 7.93. The molecule has 0 spiro atoms. The molecule has 1 aliphatic rings. The summed E-state index contributed by atoms with van der Waals surface area (Å²) in [5.41, 5.74) is 14.4. The third-order valence-electron chi connectivity index (χ3n) is 3.28. The lowest BCUT2D eigenvalue weighted by Gasteiger charge is -2.15. The first-order chi connectivity index (χ1) is 10.6. The van der Waals surface area contributed by atoms with E-state index in [1.54, 1.807) is 24.3 Å². The van der Waals surface area contributed by atoms with Crippen LogP contribution in [0.2, 0.25) is 0 Å². The van der Waals surface area contributed by atoms with Crippen LogP contribution in [0.15, 0.2) is 52.9 Å². The van der Waals surface area contributed by atoms with Crippen LogP contribution < -0.4 is 11.5 Å². The molecule has 0 fully saturated rings. The fourth-order valence-corrected chi connectivity index (χ4v) is 2.02. The normalized spacial score (nSPS) is 16.4. The smallest absolute Gasteiger partial charge is 0.146 e. The number of rotatable bonds is 6. The number of ether oxygens (including phenoxy) is 1. The molecule has 0 radical (unpaired) electrons. The van der Waals surface area contributed by atoms with Gasteiger partial charge in [0.2, 0.25) is 0 Å². The number of benzene rings is 1. The average Bonchev–Trinajstić information content (AvgIpc) is 2.50. The van der Waals surface area contributed by atoms with Crippen LogP contribution >= 0.6 is 0 Å². The number of nitrogens with one attached hydrogen (secondary N) is 1. The molecule has 0 aromatic heterocycles. The molecule has 5 nitrogen and oxygen atoms in total. The summed E-state index contributed by atoms with van der Waals surface area (Å²) in [5, 5.41) is 7.93. The lowest BCUT2D eigenvalue weighted by molar-refractivity contribution is 0.224. The van der Waals surface area contributed by atoms with Crippen LogP contribution in [0.4, 0.5) is 11.4 Å². The van der Waals surface area contributed by atoms with Crippen molar-refractivity contribution in [2.75, 3.05) is 12.3 Å². The van der Waals surface area contributed by atoms with E-state index in [2.05, 4.69) is 11.9 Å². The monoisotopic (exact) mass is 298 g/mol. The standard InChI is InChI=1S/C17H22N4O/c1-2-3-4-9-22-17-11-16(14(19)10-15(17)20)21-13-7-5-12(18)6-8-13/h5-8,10-11,20H,2-4,9,18-19H2,1H3. The maximum Gasteiger partial charge on any atom is 0.146 e. The van der Waals surface area contributed by atoms with E-state index in [1.165, 1.54) is 0 Å². The number of hydrogen-bond donors (Lipinski definition) is 3. The Bertz CT molecular complexity index is 627. The van der Waals surface area contributed by atoms with Gasteiger partial charge in [0.15, 0.2) is 0 Å². The highest BCUT2D eigenvalue weighted by Crippen LogP contribution is 2.19. The molecule has 0 saturated heterocycles. The van der Waals surface area contributed by atoms with Crippen molar-refractivity contribution in [3.63, 3.8) is 0 Å². The van der Waals surface area contributed by atoms with Gasteiger partial charge >= 0.3 is 0 Å². The fourth-order valence-electron chi connectivity index (χ4n) is 2.02. The molecule has 0 heterocycles. The highest BCUT2D eigenvalue weighted by molar-refractivity contribution is 6.22. The van der Waals surface area contributed by atoms with E-state index < -0.39 is 0 Å². The number of nitrogen functional groups attached to an aromatic ring is 1. The molecule has 22 heavy (non-hydrogen) atoms. The summed E-state index contributed by atoms with van der Waals surface area (Å²) >= 11 is 0. The van der Waals surface area contributed by atoms with Gasteiger partial charge in [0.25, 0.3) is 0 Å². The molecule has 0 bridgehead atoms. The highest BCUT2D eigenvalue weighted by atomic mass is 16.5. The summed E-state index contributed by atoms with van der Waals surface area (Å²) in [6, 6.07) is 7.22. The third-order valence-corrected chi connectivity index (χ3v) is 3.28. The van der Waals surface area contributed by atoms with Gasteiger partial charge in [-0.25, -0.2) is 4.99 Å². The topological polar surface area (TPSA) is 97.5 Å². The van der Waals surface area contributed by atoms with Gasteiger partial charge < -0.3 is 16.2 Å². The van der Waals surface area contributed by atoms with Gasteiger partial charge in [-0.1, -0.05) is 19.8 Å². The molecule has 0 amide bonds. The summed E-state index contributed by atoms with van der Waals surface area (Å²) in [5.74, 6) is 0.513. The van der Waals surface area contributed by atoms with Crippen LogP contribution in [0.25, 0.3) is 0 Å². The molecular weight excluding hydrogens is 276 g/mol. The molecule has 5 N–H and O–H groups in total. The van der Waals surface area contributed by atoms with Crippen LogP contribution in [-0.4, -0.2) is 18.0 Å². The highest BCUT2D eigenvalue weighted by Gasteiger charge is 2.15. The van der Waals surface area contributed by atoms with Crippen molar-refractivity contribution in [2.24, 2.45) is 10.7 Å². The Balaban J connectivity index is 2.14. The Morgan fingerprint density at radius 3 is 2.50 bits per heavy atom. The maximum absolute atomic E-state index is 7.93. The number of aliphatic imine (C=N–C) groups is 1. The number of nitrogens with zero attached hydrogens (tertiary/aromatic N) is 1. The van der Waals surface area contributed by atoms with Crippen LogP contribution in [0.1, 0.15) is 26.2 Å². The van der Waals surface area contributed by atoms with E-state index in [0.29, 0.717) is 29.5 Å². The van der Waals surface area contributed by atoms with E-state index in [1.807, 2.05) is 12.1 Å². The van der Waals surface area contributed by atoms with Gasteiger partial charge in [0, 0.05) is 11.8 Å². The second-order valence-corrected chi connectivity index (χ2v) is 5.17. The molecule has 5 heteroatoms. The number of anilines is 1. The predicted octanol–water partition coefficient (Wildman–Crippen LogP) is 3.31. The minimum atomic E-state index is 0.283. The largest absolute Gasteiger partial charge is 0.491 e. The van der Waals surface area contributed by atoms with Gasteiger partial charge in [0.1, 0.15) is 5.76 Å². The summed E-state index contributed by atoms with van der Waals surface area (Å²) in [6.07, 6.45) is 6.53. The SMILES string of the molecule is CCCCCOC1=CC(=Nc2ccc(N)cc2)C(N)=CC1=N. The minimum absolute atomic E-state index is 0.283. The van der Waals surface area contributed by atoms with Gasteiger partial charge in [-0.15, -0.1) is 0 Å². The molecule has 0 unspecified atom stereocenters. The van der Waals surface area contributed by atoms with Gasteiger partial charge in [-0.2, -0.15) is 0 Å². The third kappa shape index (κ3) is 4.22. The molecule has 2 rings (SSSR count). The van der Waals surface area contributed by atoms with Gasteiger partial charge in [-0.05, 0) is 36.8 Å². The molecule has 116 valence electrons. The molecule has 0 saturated carbocycles. The molecular formula is C17H22N4O. The summed E-state index contributed by atoms with van der Waals surface area (Å²) in [4.78, 5) is 4.48. The predicted molar refractivity (Wildman–Crippen MR) is 91.5 cm³/mol. The first-order valence-corrected chi connectivity index (χ1v) is 7.45. The van der Waals surface area contributed by atoms with E-state index in [0.717, 1.165) is 24.9 Å². The van der Waals surface area contributed by atoms with Crippen LogP contribution in [0.3, 0.4) is 0 Å². The van der Waals surface area contributed by atoms with Crippen LogP contribution in [-0.2, 0) is 4.74 Å². The lowest BCUT2D eigenvalue weighted by Crippen LogP contribution is -2.19. The summed E-state index contributed by atoms with van der Waals surface area (Å²) in [7, 11) is 0. The average molecular weight is 298 g/mol. The van der Waals surface area contributed by atoms with Crippen LogP contribution in [0.5, 0.6) is 0 Å².